The Morgan fingerprint density at radius 3 is 2.58 bits per heavy atom. The highest BCUT2D eigenvalue weighted by molar-refractivity contribution is 6.01. The average Bonchev–Trinajstić information content (AvgIpc) is 3.05. The molecule has 0 aliphatic heterocycles. The Bertz CT molecular complexity index is 848. The van der Waals surface area contributed by atoms with Gasteiger partial charge in [-0.3, -0.25) is 4.79 Å². The van der Waals surface area contributed by atoms with E-state index in [0.717, 1.165) is 12.0 Å². The van der Waals surface area contributed by atoms with Crippen LogP contribution in [-0.4, -0.2) is 27.2 Å². The lowest BCUT2D eigenvalue weighted by atomic mass is 10.0. The Morgan fingerprint density at radius 2 is 1.92 bits per heavy atom. The molecule has 0 aliphatic carbocycles. The van der Waals surface area contributed by atoms with E-state index in [2.05, 4.69) is 11.9 Å². The molecule has 0 fully saturated rings. The van der Waals surface area contributed by atoms with E-state index >= 15 is 0 Å². The number of ketones is 1. The number of esters is 1. The zero-order chi connectivity index (χ0) is 17.1. The van der Waals surface area contributed by atoms with E-state index < -0.39 is 12.1 Å². The number of hydrogen-bond acceptors (Lipinski definition) is 4. The van der Waals surface area contributed by atoms with Crippen molar-refractivity contribution in [3.8, 4) is 0 Å². The molecule has 24 heavy (non-hydrogen) atoms. The van der Waals surface area contributed by atoms with E-state index in [1.54, 1.807) is 41.9 Å². The number of imidazole rings is 1. The van der Waals surface area contributed by atoms with Crippen molar-refractivity contribution >= 4 is 17.4 Å². The minimum absolute atomic E-state index is 0.183. The fourth-order valence-corrected chi connectivity index (χ4v) is 2.45. The van der Waals surface area contributed by atoms with Gasteiger partial charge >= 0.3 is 5.97 Å². The summed E-state index contributed by atoms with van der Waals surface area (Å²) in [5.74, 6) is -0.834. The second-order valence-electron chi connectivity index (χ2n) is 5.55. The van der Waals surface area contributed by atoms with Gasteiger partial charge in [-0.1, -0.05) is 37.3 Å². The Labute approximate surface area is 139 Å². The number of carbonyl (C=O) groups excluding carboxylic acids is 2. The molecule has 1 atom stereocenters. The molecule has 0 saturated carbocycles. The lowest BCUT2D eigenvalue weighted by Gasteiger charge is -2.11. The van der Waals surface area contributed by atoms with Crippen molar-refractivity contribution in [3.05, 3.63) is 71.7 Å². The minimum atomic E-state index is -0.866. The maximum Gasteiger partial charge on any atom is 0.359 e. The number of pyridine rings is 1. The zero-order valence-corrected chi connectivity index (χ0v) is 13.6. The van der Waals surface area contributed by atoms with E-state index in [1.165, 1.54) is 0 Å². The van der Waals surface area contributed by atoms with Crippen LogP contribution in [-0.2, 0) is 11.2 Å². The number of carbonyl (C=O) groups is 2. The van der Waals surface area contributed by atoms with Gasteiger partial charge in [-0.05, 0) is 31.0 Å². The van der Waals surface area contributed by atoms with Crippen molar-refractivity contribution < 1.29 is 14.3 Å². The predicted molar refractivity (Wildman–Crippen MR) is 90.2 cm³/mol. The van der Waals surface area contributed by atoms with Crippen molar-refractivity contribution in [1.82, 2.24) is 9.38 Å². The molecule has 2 heterocycles. The molecular formula is C19H18N2O3. The summed E-state index contributed by atoms with van der Waals surface area (Å²) >= 11 is 0. The summed E-state index contributed by atoms with van der Waals surface area (Å²) in [6, 6.07) is 12.8. The fraction of sp³-hybridized carbons (Fsp3) is 0.211. The van der Waals surface area contributed by atoms with Gasteiger partial charge in [-0.2, -0.15) is 0 Å². The molecular weight excluding hydrogens is 304 g/mol. The van der Waals surface area contributed by atoms with Crippen LogP contribution in [0.25, 0.3) is 5.65 Å². The van der Waals surface area contributed by atoms with E-state index in [4.69, 9.17) is 4.74 Å². The largest absolute Gasteiger partial charge is 0.449 e. The molecule has 122 valence electrons. The quantitative estimate of drug-likeness (QED) is 0.534. The molecule has 1 aromatic carbocycles. The molecule has 0 saturated heterocycles. The number of hydrogen-bond donors (Lipinski definition) is 0. The second kappa shape index (κ2) is 6.66. The monoisotopic (exact) mass is 322 g/mol. The van der Waals surface area contributed by atoms with Gasteiger partial charge in [0.05, 0.1) is 0 Å². The van der Waals surface area contributed by atoms with Crippen LogP contribution in [0.4, 0.5) is 0 Å². The van der Waals surface area contributed by atoms with Crippen molar-refractivity contribution in [3.63, 3.8) is 0 Å². The first-order chi connectivity index (χ1) is 11.6. The molecule has 0 aliphatic rings. The van der Waals surface area contributed by atoms with Crippen LogP contribution in [0, 0.1) is 0 Å². The lowest BCUT2D eigenvalue weighted by Crippen LogP contribution is -2.24. The van der Waals surface area contributed by atoms with E-state index in [9.17, 15) is 9.59 Å². The number of Topliss-reactive ketones (excluding diaryl/α,β-unsaturated/α-hetero) is 1. The molecule has 0 bridgehead atoms. The Kier molecular flexibility index (Phi) is 4.42. The van der Waals surface area contributed by atoms with Crippen molar-refractivity contribution in [2.75, 3.05) is 0 Å². The summed E-state index contributed by atoms with van der Waals surface area (Å²) in [5, 5.41) is 0. The summed E-state index contributed by atoms with van der Waals surface area (Å²) in [5.41, 5.74) is 2.52. The van der Waals surface area contributed by atoms with Crippen LogP contribution in [0.1, 0.15) is 40.3 Å². The molecule has 0 spiro atoms. The summed E-state index contributed by atoms with van der Waals surface area (Å²) in [6.07, 6.45) is 3.43. The summed E-state index contributed by atoms with van der Waals surface area (Å²) in [4.78, 5) is 28.8. The highest BCUT2D eigenvalue weighted by atomic mass is 16.5. The number of nitrogens with zero attached hydrogens (tertiary/aromatic N) is 2. The van der Waals surface area contributed by atoms with Gasteiger partial charge in [0.15, 0.2) is 11.8 Å². The molecule has 3 aromatic rings. The van der Waals surface area contributed by atoms with Gasteiger partial charge in [0.2, 0.25) is 5.78 Å². The molecule has 0 unspecified atom stereocenters. The number of aryl methyl sites for hydroxylation is 1. The Morgan fingerprint density at radius 1 is 1.17 bits per heavy atom. The van der Waals surface area contributed by atoms with Crippen molar-refractivity contribution in [2.45, 2.75) is 26.4 Å². The smallest absolute Gasteiger partial charge is 0.359 e. The highest BCUT2D eigenvalue weighted by Gasteiger charge is 2.22. The molecule has 0 amide bonds. The standard InChI is InChI=1S/C19H18N2O3/c1-3-14-7-9-15(10-8-14)18(22)13(2)24-19(23)16-12-21-11-5-4-6-17(21)20-16/h4-13H,3H2,1-2H3/t13-/m0/s1. The number of fused-ring (bicyclic) bond motifs is 1. The lowest BCUT2D eigenvalue weighted by molar-refractivity contribution is 0.0314. The predicted octanol–water partition coefficient (Wildman–Crippen LogP) is 3.32. The van der Waals surface area contributed by atoms with Crippen LogP contribution < -0.4 is 0 Å². The molecule has 0 radical (unpaired) electrons. The number of benzene rings is 1. The number of ether oxygens (including phenoxy) is 1. The van der Waals surface area contributed by atoms with Gasteiger partial charge in [-0.15, -0.1) is 0 Å². The molecule has 5 heteroatoms. The number of aromatic nitrogens is 2. The van der Waals surface area contributed by atoms with Gasteiger partial charge < -0.3 is 9.14 Å². The fourth-order valence-electron chi connectivity index (χ4n) is 2.45. The van der Waals surface area contributed by atoms with E-state index in [0.29, 0.717) is 11.2 Å². The van der Waals surface area contributed by atoms with E-state index in [-0.39, 0.29) is 11.5 Å². The third-order valence-electron chi connectivity index (χ3n) is 3.87. The van der Waals surface area contributed by atoms with Crippen LogP contribution in [0.3, 0.4) is 0 Å². The SMILES string of the molecule is CCc1ccc(C(=O)[C@H](C)OC(=O)c2cn3ccccc3n2)cc1. The van der Waals surface area contributed by atoms with Crippen LogP contribution >= 0.6 is 0 Å². The zero-order valence-electron chi connectivity index (χ0n) is 13.6. The van der Waals surface area contributed by atoms with Crippen LogP contribution in [0.15, 0.2) is 54.9 Å². The molecule has 5 nitrogen and oxygen atoms in total. The average molecular weight is 322 g/mol. The first-order valence-electron chi connectivity index (χ1n) is 7.86. The van der Waals surface area contributed by atoms with Gasteiger partial charge in [0.1, 0.15) is 5.65 Å². The van der Waals surface area contributed by atoms with Gasteiger partial charge in [-0.25, -0.2) is 9.78 Å². The second-order valence-corrected chi connectivity index (χ2v) is 5.55. The Balaban J connectivity index is 1.71. The van der Waals surface area contributed by atoms with Gasteiger partial charge in [0.25, 0.3) is 0 Å². The minimum Gasteiger partial charge on any atom is -0.449 e. The summed E-state index contributed by atoms with van der Waals surface area (Å²) in [6.45, 7) is 3.62. The highest BCUT2D eigenvalue weighted by Crippen LogP contribution is 2.12. The first-order valence-corrected chi connectivity index (χ1v) is 7.86. The van der Waals surface area contributed by atoms with E-state index in [1.807, 2.05) is 24.3 Å². The summed E-state index contributed by atoms with van der Waals surface area (Å²) < 4.78 is 7.00. The molecule has 0 N–H and O–H groups in total. The first kappa shape index (κ1) is 15.9. The third kappa shape index (κ3) is 3.20. The Hall–Kier alpha value is -2.95. The maximum absolute atomic E-state index is 12.4. The molecule has 2 aromatic heterocycles. The van der Waals surface area contributed by atoms with Crippen LogP contribution in [0.5, 0.6) is 0 Å². The number of rotatable bonds is 5. The maximum atomic E-state index is 12.4. The topological polar surface area (TPSA) is 60.7 Å². The third-order valence-corrected chi connectivity index (χ3v) is 3.87. The summed E-state index contributed by atoms with van der Waals surface area (Å²) in [7, 11) is 0. The van der Waals surface area contributed by atoms with Gasteiger partial charge in [0, 0.05) is 18.0 Å². The van der Waals surface area contributed by atoms with Crippen LogP contribution in [0.2, 0.25) is 0 Å². The normalized spacial score (nSPS) is 12.1. The van der Waals surface area contributed by atoms with Crippen molar-refractivity contribution in [1.29, 1.82) is 0 Å². The molecule has 3 rings (SSSR count). The van der Waals surface area contributed by atoms with Crippen molar-refractivity contribution in [2.24, 2.45) is 0 Å².